The molecule has 2 N–H and O–H groups in total. The number of benzene rings is 1. The van der Waals surface area contributed by atoms with Crippen LogP contribution >= 0.6 is 11.3 Å². The van der Waals surface area contributed by atoms with Crippen LogP contribution in [0.2, 0.25) is 0 Å². The summed E-state index contributed by atoms with van der Waals surface area (Å²) in [5.74, 6) is 0.0211. The number of rotatable bonds is 4. The molecule has 9 heteroatoms. The topological polar surface area (TPSA) is 63.2 Å². The second-order valence-corrected chi connectivity index (χ2v) is 6.60. The number of halogens is 3. The second kappa shape index (κ2) is 6.94. The van der Waals surface area contributed by atoms with Gasteiger partial charge < -0.3 is 15.4 Å². The van der Waals surface area contributed by atoms with E-state index in [1.54, 1.807) is 6.07 Å². The Labute approximate surface area is 140 Å². The molecule has 0 radical (unpaired) electrons. The van der Waals surface area contributed by atoms with Gasteiger partial charge >= 0.3 is 6.18 Å². The van der Waals surface area contributed by atoms with Crippen molar-refractivity contribution >= 4 is 32.6 Å². The zero-order valence-corrected chi connectivity index (χ0v) is 13.5. The molecule has 24 heavy (non-hydrogen) atoms. The van der Waals surface area contributed by atoms with E-state index in [1.807, 2.05) is 0 Å². The van der Waals surface area contributed by atoms with Gasteiger partial charge in [0.2, 0.25) is 5.91 Å². The minimum Gasteiger partial charge on any atom is -0.484 e. The fourth-order valence-electron chi connectivity index (χ4n) is 2.50. The van der Waals surface area contributed by atoms with Gasteiger partial charge in [-0.25, -0.2) is 4.98 Å². The summed E-state index contributed by atoms with van der Waals surface area (Å²) in [4.78, 5) is 16.5. The molecular weight excluding hydrogens is 343 g/mol. The van der Waals surface area contributed by atoms with Gasteiger partial charge in [-0.2, -0.15) is 13.2 Å². The van der Waals surface area contributed by atoms with E-state index in [1.165, 1.54) is 23.5 Å². The maximum absolute atomic E-state index is 12.2. The Balaban J connectivity index is 1.68. The fourth-order valence-corrected chi connectivity index (χ4v) is 3.40. The number of fused-ring (bicyclic) bond motifs is 1. The maximum atomic E-state index is 12.2. The lowest BCUT2D eigenvalue weighted by Crippen LogP contribution is -2.34. The van der Waals surface area contributed by atoms with Gasteiger partial charge in [0, 0.05) is 5.92 Å². The van der Waals surface area contributed by atoms with Gasteiger partial charge in [-0.3, -0.25) is 4.79 Å². The van der Waals surface area contributed by atoms with E-state index in [-0.39, 0.29) is 17.6 Å². The van der Waals surface area contributed by atoms with Crippen LogP contribution in [0, 0.1) is 5.92 Å². The number of alkyl halides is 3. The van der Waals surface area contributed by atoms with Crippen molar-refractivity contribution in [3.8, 4) is 5.75 Å². The van der Waals surface area contributed by atoms with Gasteiger partial charge in [0.25, 0.3) is 0 Å². The molecule has 1 aliphatic heterocycles. The first-order valence-corrected chi connectivity index (χ1v) is 8.34. The van der Waals surface area contributed by atoms with Gasteiger partial charge in [-0.05, 0) is 44.1 Å². The molecule has 1 fully saturated rings. The molecule has 1 aromatic carbocycles. The van der Waals surface area contributed by atoms with Crippen molar-refractivity contribution < 1.29 is 22.7 Å². The lowest BCUT2D eigenvalue weighted by atomic mass is 9.97. The number of carbonyl (C=O) groups is 1. The number of anilines is 1. The Morgan fingerprint density at radius 3 is 2.83 bits per heavy atom. The van der Waals surface area contributed by atoms with Crippen molar-refractivity contribution in [3.05, 3.63) is 18.2 Å². The predicted molar refractivity (Wildman–Crippen MR) is 85.4 cm³/mol. The molecular formula is C15H16F3N3O2S. The Kier molecular flexibility index (Phi) is 4.91. The summed E-state index contributed by atoms with van der Waals surface area (Å²) in [5, 5.41) is 6.44. The average Bonchev–Trinajstić information content (AvgIpc) is 2.94. The molecule has 1 aliphatic rings. The SMILES string of the molecule is O=C(Nc1nc2ccc(OCC(F)(F)F)cc2s1)C1CCNCC1. The number of piperidine rings is 1. The monoisotopic (exact) mass is 359 g/mol. The molecule has 0 unspecified atom stereocenters. The first kappa shape index (κ1) is 17.0. The van der Waals surface area contributed by atoms with Gasteiger partial charge in [-0.1, -0.05) is 11.3 Å². The summed E-state index contributed by atoms with van der Waals surface area (Å²) < 4.78 is 42.0. The van der Waals surface area contributed by atoms with Gasteiger partial charge in [0.05, 0.1) is 10.2 Å². The lowest BCUT2D eigenvalue weighted by Gasteiger charge is -2.20. The van der Waals surface area contributed by atoms with Crippen LogP contribution in [0.1, 0.15) is 12.8 Å². The fraction of sp³-hybridized carbons (Fsp3) is 0.467. The minimum absolute atomic E-state index is 0.0380. The van der Waals surface area contributed by atoms with Gasteiger partial charge in [0.1, 0.15) is 5.75 Å². The highest BCUT2D eigenvalue weighted by molar-refractivity contribution is 7.22. The molecule has 1 saturated heterocycles. The molecule has 0 spiro atoms. The highest BCUT2D eigenvalue weighted by Gasteiger charge is 2.28. The Morgan fingerprint density at radius 2 is 2.12 bits per heavy atom. The van der Waals surface area contributed by atoms with Crippen molar-refractivity contribution in [2.45, 2.75) is 19.0 Å². The molecule has 5 nitrogen and oxygen atoms in total. The molecule has 0 saturated carbocycles. The third-order valence-electron chi connectivity index (χ3n) is 3.70. The predicted octanol–water partition coefficient (Wildman–Crippen LogP) is 3.18. The molecule has 2 aromatic rings. The summed E-state index contributed by atoms with van der Waals surface area (Å²) in [7, 11) is 0. The average molecular weight is 359 g/mol. The maximum Gasteiger partial charge on any atom is 0.422 e. The first-order chi connectivity index (χ1) is 11.4. The second-order valence-electron chi connectivity index (χ2n) is 5.57. The third-order valence-corrected chi connectivity index (χ3v) is 4.64. The number of nitrogens with one attached hydrogen (secondary N) is 2. The van der Waals surface area contributed by atoms with Crippen LogP contribution in [0.25, 0.3) is 10.2 Å². The van der Waals surface area contributed by atoms with E-state index in [0.717, 1.165) is 25.9 Å². The van der Waals surface area contributed by atoms with E-state index in [4.69, 9.17) is 4.74 Å². The van der Waals surface area contributed by atoms with Crippen molar-refractivity contribution in [1.29, 1.82) is 0 Å². The number of nitrogens with zero attached hydrogens (tertiary/aromatic N) is 1. The van der Waals surface area contributed by atoms with E-state index < -0.39 is 12.8 Å². The van der Waals surface area contributed by atoms with E-state index in [2.05, 4.69) is 15.6 Å². The van der Waals surface area contributed by atoms with E-state index >= 15 is 0 Å². The summed E-state index contributed by atoms with van der Waals surface area (Å²) in [5.41, 5.74) is 0.611. The van der Waals surface area contributed by atoms with Gasteiger partial charge in [0.15, 0.2) is 11.7 Å². The number of hydrogen-bond acceptors (Lipinski definition) is 5. The Morgan fingerprint density at radius 1 is 1.38 bits per heavy atom. The van der Waals surface area contributed by atoms with Crippen LogP contribution < -0.4 is 15.4 Å². The molecule has 0 bridgehead atoms. The quantitative estimate of drug-likeness (QED) is 0.880. The minimum atomic E-state index is -4.38. The van der Waals surface area contributed by atoms with Crippen molar-refractivity contribution in [3.63, 3.8) is 0 Å². The zero-order chi connectivity index (χ0) is 17.2. The summed E-state index contributed by atoms with van der Waals surface area (Å²) >= 11 is 1.22. The number of thiazole rings is 1. The van der Waals surface area contributed by atoms with Crippen LogP contribution in [0.15, 0.2) is 18.2 Å². The van der Waals surface area contributed by atoms with E-state index in [0.29, 0.717) is 15.3 Å². The van der Waals surface area contributed by atoms with Crippen molar-refractivity contribution in [2.75, 3.05) is 25.0 Å². The number of aromatic nitrogens is 1. The van der Waals surface area contributed by atoms with Crippen molar-refractivity contribution in [2.24, 2.45) is 5.92 Å². The third kappa shape index (κ3) is 4.35. The van der Waals surface area contributed by atoms with Gasteiger partial charge in [-0.15, -0.1) is 0 Å². The Bertz CT molecular complexity index is 726. The summed E-state index contributed by atoms with van der Waals surface area (Å²) in [6.45, 7) is 0.298. The lowest BCUT2D eigenvalue weighted by molar-refractivity contribution is -0.153. The van der Waals surface area contributed by atoms with Crippen LogP contribution in [0.4, 0.5) is 18.3 Å². The highest BCUT2D eigenvalue weighted by atomic mass is 32.1. The van der Waals surface area contributed by atoms with Crippen LogP contribution in [-0.2, 0) is 4.79 Å². The molecule has 1 amide bonds. The molecule has 130 valence electrons. The van der Waals surface area contributed by atoms with E-state index in [9.17, 15) is 18.0 Å². The molecule has 0 aliphatic carbocycles. The largest absolute Gasteiger partial charge is 0.484 e. The molecule has 0 atom stereocenters. The van der Waals surface area contributed by atoms with Crippen LogP contribution in [0.5, 0.6) is 5.75 Å². The first-order valence-electron chi connectivity index (χ1n) is 7.52. The molecule has 1 aromatic heterocycles. The molecule has 3 rings (SSSR count). The van der Waals surface area contributed by atoms with Crippen LogP contribution in [-0.4, -0.2) is 36.8 Å². The smallest absolute Gasteiger partial charge is 0.422 e. The number of ether oxygens (including phenoxy) is 1. The Hall–Kier alpha value is -1.87. The zero-order valence-electron chi connectivity index (χ0n) is 12.7. The normalized spacial score (nSPS) is 16.3. The summed E-state index contributed by atoms with van der Waals surface area (Å²) in [6.07, 6.45) is -2.81. The van der Waals surface area contributed by atoms with Crippen LogP contribution in [0.3, 0.4) is 0 Å². The number of hydrogen-bond donors (Lipinski definition) is 2. The molecule has 2 heterocycles. The van der Waals surface area contributed by atoms with Crippen molar-refractivity contribution in [1.82, 2.24) is 10.3 Å². The number of amides is 1. The standard InChI is InChI=1S/C15H16F3N3O2S/c16-15(17,18)8-23-10-1-2-11-12(7-10)24-14(20-11)21-13(22)9-3-5-19-6-4-9/h1-2,7,9,19H,3-6,8H2,(H,20,21,22). The highest BCUT2D eigenvalue weighted by Crippen LogP contribution is 2.30. The summed E-state index contributed by atoms with van der Waals surface area (Å²) in [6, 6.07) is 4.52. The number of carbonyl (C=O) groups excluding carboxylic acids is 1.